The molecule has 0 amide bonds. The van der Waals surface area contributed by atoms with Gasteiger partial charge in [0.05, 0.1) is 5.41 Å². The van der Waals surface area contributed by atoms with Crippen LogP contribution in [0.15, 0.2) is 97.1 Å². The van der Waals surface area contributed by atoms with Crippen molar-refractivity contribution in [3.63, 3.8) is 0 Å². The molecule has 0 heterocycles. The van der Waals surface area contributed by atoms with Gasteiger partial charge in [0.15, 0.2) is 0 Å². The highest BCUT2D eigenvalue weighted by Gasteiger charge is 2.63. The number of rotatable bonds is 7. The SMILES string of the molecule is C=C(C)C(=O)OC12CC3CC(C1)CC(C(=O)Oc1ccc([NH+](c4ccccc4)c4ccccc4)cc1)(C3)C2. The highest BCUT2D eigenvalue weighted by Crippen LogP contribution is 2.63. The predicted molar refractivity (Wildman–Crippen MR) is 146 cm³/mol. The molecule has 2 unspecified atom stereocenters. The summed E-state index contributed by atoms with van der Waals surface area (Å²) in [4.78, 5) is 27.3. The summed E-state index contributed by atoms with van der Waals surface area (Å²) in [6, 6.07) is 28.5. The molecule has 0 radical (unpaired) electrons. The van der Waals surface area contributed by atoms with Gasteiger partial charge in [-0.25, -0.2) is 9.69 Å². The van der Waals surface area contributed by atoms with Gasteiger partial charge in [0.1, 0.15) is 28.4 Å². The van der Waals surface area contributed by atoms with Gasteiger partial charge in [0.2, 0.25) is 0 Å². The van der Waals surface area contributed by atoms with Gasteiger partial charge < -0.3 is 9.47 Å². The first-order valence-corrected chi connectivity index (χ1v) is 13.5. The van der Waals surface area contributed by atoms with Gasteiger partial charge in [0.25, 0.3) is 0 Å². The van der Waals surface area contributed by atoms with Gasteiger partial charge in [-0.3, -0.25) is 4.79 Å². The number of hydrogen-bond acceptors (Lipinski definition) is 4. The number of para-hydroxylation sites is 2. The predicted octanol–water partition coefficient (Wildman–Crippen LogP) is 6.23. The maximum atomic E-state index is 13.7. The van der Waals surface area contributed by atoms with Gasteiger partial charge >= 0.3 is 11.9 Å². The van der Waals surface area contributed by atoms with Crippen LogP contribution in [0.2, 0.25) is 0 Å². The second-order valence-corrected chi connectivity index (χ2v) is 11.6. The van der Waals surface area contributed by atoms with E-state index in [2.05, 4.69) is 30.8 Å². The molecule has 4 aliphatic carbocycles. The largest absolute Gasteiger partial charge is 0.456 e. The minimum absolute atomic E-state index is 0.189. The maximum Gasteiger partial charge on any atom is 0.333 e. The molecule has 5 nitrogen and oxygen atoms in total. The standard InChI is InChI=1S/C33H33NO4/c1-23(2)30(35)38-33-20-24-17-25(21-33)19-32(18-24,22-33)31(36)37-29-15-13-28(14-16-29)34(26-9-5-3-6-10-26)27-11-7-4-8-12-27/h3-16,24-25H,1,17-22H2,2H3/p+1. The molecule has 1 N–H and O–H groups in total. The first-order chi connectivity index (χ1) is 18.3. The lowest BCUT2D eigenvalue weighted by molar-refractivity contribution is -0.681. The van der Waals surface area contributed by atoms with E-state index in [-0.39, 0.29) is 11.9 Å². The van der Waals surface area contributed by atoms with E-state index < -0.39 is 11.0 Å². The number of nitrogens with one attached hydrogen (secondary N) is 1. The molecule has 3 aromatic carbocycles. The van der Waals surface area contributed by atoms with Crippen LogP contribution in [-0.2, 0) is 14.3 Å². The molecule has 194 valence electrons. The van der Waals surface area contributed by atoms with Crippen LogP contribution < -0.4 is 9.64 Å². The summed E-state index contributed by atoms with van der Waals surface area (Å²) in [5, 5.41) is 0. The molecule has 4 saturated carbocycles. The van der Waals surface area contributed by atoms with Gasteiger partial charge in [0, 0.05) is 24.1 Å². The third kappa shape index (κ3) is 4.56. The second-order valence-electron chi connectivity index (χ2n) is 11.6. The minimum Gasteiger partial charge on any atom is -0.456 e. The van der Waals surface area contributed by atoms with Crippen molar-refractivity contribution in [2.45, 2.75) is 51.0 Å². The molecule has 7 rings (SSSR count). The Bertz CT molecular complexity index is 1300. The van der Waals surface area contributed by atoms with Gasteiger partial charge in [-0.05, 0) is 87.3 Å². The lowest BCUT2D eigenvalue weighted by atomic mass is 9.48. The number of carbonyl (C=O) groups is 2. The Morgan fingerprint density at radius 3 is 1.84 bits per heavy atom. The lowest BCUT2D eigenvalue weighted by Crippen LogP contribution is -2.96. The van der Waals surface area contributed by atoms with Crippen molar-refractivity contribution in [2.24, 2.45) is 17.3 Å². The summed E-state index contributed by atoms with van der Waals surface area (Å²) >= 11 is 0. The zero-order chi connectivity index (χ0) is 26.3. The Morgan fingerprint density at radius 2 is 1.32 bits per heavy atom. The van der Waals surface area contributed by atoms with E-state index in [0.29, 0.717) is 29.6 Å². The van der Waals surface area contributed by atoms with Crippen LogP contribution in [0, 0.1) is 17.3 Å². The van der Waals surface area contributed by atoms with Gasteiger partial charge in [-0.1, -0.05) is 43.0 Å². The summed E-state index contributed by atoms with van der Waals surface area (Å²) in [5.74, 6) is 0.777. The van der Waals surface area contributed by atoms with Crippen LogP contribution in [-0.4, -0.2) is 17.5 Å². The summed E-state index contributed by atoms with van der Waals surface area (Å²) in [6.45, 7) is 5.43. The van der Waals surface area contributed by atoms with Crippen molar-refractivity contribution in [1.29, 1.82) is 0 Å². The molecule has 38 heavy (non-hydrogen) atoms. The van der Waals surface area contributed by atoms with Crippen LogP contribution in [0.4, 0.5) is 17.1 Å². The van der Waals surface area contributed by atoms with Gasteiger partial charge in [-0.15, -0.1) is 0 Å². The minimum atomic E-state index is -0.594. The Balaban J connectivity index is 1.23. The summed E-state index contributed by atoms with van der Waals surface area (Å²) < 4.78 is 12.1. The topological polar surface area (TPSA) is 57.0 Å². The van der Waals surface area contributed by atoms with Crippen molar-refractivity contribution >= 4 is 29.0 Å². The smallest absolute Gasteiger partial charge is 0.333 e. The van der Waals surface area contributed by atoms with E-state index >= 15 is 0 Å². The van der Waals surface area contributed by atoms with Crippen LogP contribution in [0.3, 0.4) is 0 Å². The number of ether oxygens (including phenoxy) is 2. The quantitative estimate of drug-likeness (QED) is 0.234. The number of carbonyl (C=O) groups excluding carboxylic acids is 2. The zero-order valence-electron chi connectivity index (χ0n) is 21.8. The molecular formula is C33H34NO4+. The Hall–Kier alpha value is -3.70. The molecule has 4 fully saturated rings. The van der Waals surface area contributed by atoms with Crippen LogP contribution in [0.5, 0.6) is 5.75 Å². The number of benzene rings is 3. The molecule has 3 aromatic rings. The first kappa shape index (κ1) is 24.6. The average molecular weight is 509 g/mol. The fourth-order valence-corrected chi connectivity index (χ4v) is 7.44. The number of hydrogen-bond donors (Lipinski definition) is 1. The molecule has 0 saturated heterocycles. The summed E-state index contributed by atoms with van der Waals surface area (Å²) in [5.41, 5.74) is 2.56. The zero-order valence-corrected chi connectivity index (χ0v) is 21.8. The van der Waals surface area contributed by atoms with E-state index in [1.165, 1.54) is 0 Å². The molecule has 4 aliphatic rings. The first-order valence-electron chi connectivity index (χ1n) is 13.5. The van der Waals surface area contributed by atoms with Crippen molar-refractivity contribution in [3.05, 3.63) is 97.1 Å². The molecule has 0 aliphatic heterocycles. The Kier molecular flexibility index (Phi) is 6.19. The fraction of sp³-hybridized carbons (Fsp3) is 0.333. The average Bonchev–Trinajstić information content (AvgIpc) is 2.90. The van der Waals surface area contributed by atoms with Crippen molar-refractivity contribution < 1.29 is 24.0 Å². The molecule has 2 atom stereocenters. The fourth-order valence-electron chi connectivity index (χ4n) is 7.44. The van der Waals surface area contributed by atoms with Gasteiger partial charge in [-0.2, -0.15) is 0 Å². The molecule has 0 spiro atoms. The third-order valence-electron chi connectivity index (χ3n) is 8.58. The normalized spacial score (nSPS) is 27.2. The molecule has 4 bridgehead atoms. The lowest BCUT2D eigenvalue weighted by Gasteiger charge is -2.59. The van der Waals surface area contributed by atoms with Crippen LogP contribution >= 0.6 is 0 Å². The Morgan fingerprint density at radius 1 is 0.789 bits per heavy atom. The van der Waals surface area contributed by atoms with Crippen molar-refractivity contribution in [3.8, 4) is 5.75 Å². The highest BCUT2D eigenvalue weighted by molar-refractivity contribution is 5.87. The van der Waals surface area contributed by atoms with Crippen LogP contribution in [0.25, 0.3) is 0 Å². The summed E-state index contributed by atoms with van der Waals surface area (Å²) in [7, 11) is 0. The van der Waals surface area contributed by atoms with Crippen molar-refractivity contribution in [1.82, 2.24) is 0 Å². The number of esters is 2. The van der Waals surface area contributed by atoms with Crippen LogP contribution in [0.1, 0.15) is 45.4 Å². The van der Waals surface area contributed by atoms with E-state index in [1.54, 1.807) is 6.92 Å². The monoisotopic (exact) mass is 508 g/mol. The Labute approximate surface area is 224 Å². The highest BCUT2D eigenvalue weighted by atomic mass is 16.6. The number of quaternary nitrogens is 1. The van der Waals surface area contributed by atoms with Crippen molar-refractivity contribution in [2.75, 3.05) is 0 Å². The molecule has 0 aromatic heterocycles. The maximum absolute atomic E-state index is 13.7. The molecule has 5 heteroatoms. The second kappa shape index (κ2) is 9.55. The van der Waals surface area contributed by atoms with E-state index in [4.69, 9.17) is 9.47 Å². The summed E-state index contributed by atoms with van der Waals surface area (Å²) in [6.07, 6.45) is 4.95. The molecular weight excluding hydrogens is 474 g/mol. The third-order valence-corrected chi connectivity index (χ3v) is 8.58. The van der Waals surface area contributed by atoms with E-state index in [9.17, 15) is 9.59 Å². The van der Waals surface area contributed by atoms with E-state index in [1.807, 2.05) is 60.7 Å². The van der Waals surface area contributed by atoms with E-state index in [0.717, 1.165) is 54.1 Å².